The Kier molecular flexibility index (Phi) is 5.18. The van der Waals surface area contributed by atoms with E-state index in [2.05, 4.69) is 10.3 Å². The monoisotopic (exact) mass is 409 g/mol. The minimum absolute atomic E-state index is 0.137. The molecule has 3 aromatic carbocycles. The molecular formula is C23H18F3N3O. The summed E-state index contributed by atoms with van der Waals surface area (Å²) in [4.78, 5) is 15.5. The van der Waals surface area contributed by atoms with E-state index in [9.17, 15) is 18.0 Å². The van der Waals surface area contributed by atoms with Crippen LogP contribution < -0.4 is 11.0 Å². The maximum atomic E-state index is 13.2. The first-order chi connectivity index (χ1) is 14.4. The van der Waals surface area contributed by atoms with E-state index >= 15 is 0 Å². The minimum atomic E-state index is -4.50. The van der Waals surface area contributed by atoms with Crippen molar-refractivity contribution in [3.05, 3.63) is 107 Å². The summed E-state index contributed by atoms with van der Waals surface area (Å²) in [5.74, 6) is 0.437. The average molecular weight is 409 g/mol. The molecule has 0 aliphatic carbocycles. The summed E-state index contributed by atoms with van der Waals surface area (Å²) in [6.07, 6.45) is -4.50. The first-order valence-electron chi connectivity index (χ1n) is 9.29. The smallest absolute Gasteiger partial charge is 0.366 e. The van der Waals surface area contributed by atoms with Crippen LogP contribution in [0.25, 0.3) is 16.9 Å². The summed E-state index contributed by atoms with van der Waals surface area (Å²) in [5, 5.41) is 3.21. The number of hydrogen-bond donors (Lipinski definition) is 2. The molecule has 152 valence electrons. The van der Waals surface area contributed by atoms with Gasteiger partial charge in [-0.05, 0) is 23.8 Å². The van der Waals surface area contributed by atoms with Crippen LogP contribution in [0.3, 0.4) is 0 Å². The zero-order chi connectivity index (χ0) is 21.1. The lowest BCUT2D eigenvalue weighted by Crippen LogP contribution is -2.16. The van der Waals surface area contributed by atoms with Crippen LogP contribution in [-0.2, 0) is 12.7 Å². The van der Waals surface area contributed by atoms with Gasteiger partial charge in [-0.1, -0.05) is 66.7 Å². The molecule has 0 fully saturated rings. The highest BCUT2D eigenvalue weighted by molar-refractivity contribution is 5.74. The SMILES string of the molecule is O=c1[nH]c(NCc2ccccc2)c(-c2ccccc2)n1-c1cccc(C(F)(F)F)c1. The van der Waals surface area contributed by atoms with E-state index in [1.807, 2.05) is 48.5 Å². The molecule has 4 aromatic rings. The Morgan fingerprint density at radius 1 is 0.867 bits per heavy atom. The number of rotatable bonds is 5. The molecular weight excluding hydrogens is 391 g/mol. The third kappa shape index (κ3) is 4.00. The lowest BCUT2D eigenvalue weighted by Gasteiger charge is -2.13. The Bertz CT molecular complexity index is 1200. The maximum absolute atomic E-state index is 13.2. The van der Waals surface area contributed by atoms with Gasteiger partial charge in [-0.3, -0.25) is 9.55 Å². The third-order valence-corrected chi connectivity index (χ3v) is 4.69. The van der Waals surface area contributed by atoms with Gasteiger partial charge in [-0.25, -0.2) is 4.79 Å². The number of halogens is 3. The molecule has 0 unspecified atom stereocenters. The number of nitrogens with zero attached hydrogens (tertiary/aromatic N) is 1. The predicted molar refractivity (Wildman–Crippen MR) is 111 cm³/mol. The molecule has 0 aliphatic heterocycles. The summed E-state index contributed by atoms with van der Waals surface area (Å²) in [6.45, 7) is 0.448. The molecule has 0 radical (unpaired) electrons. The number of imidazole rings is 1. The van der Waals surface area contributed by atoms with E-state index in [1.165, 1.54) is 16.7 Å². The van der Waals surface area contributed by atoms with Crippen LogP contribution in [0.5, 0.6) is 0 Å². The molecule has 1 heterocycles. The summed E-state index contributed by atoms with van der Waals surface area (Å²) in [7, 11) is 0. The number of anilines is 1. The van der Waals surface area contributed by atoms with Gasteiger partial charge in [0.1, 0.15) is 5.82 Å². The highest BCUT2D eigenvalue weighted by Gasteiger charge is 2.31. The van der Waals surface area contributed by atoms with Crippen molar-refractivity contribution < 1.29 is 13.2 Å². The van der Waals surface area contributed by atoms with Crippen LogP contribution in [0, 0.1) is 0 Å². The van der Waals surface area contributed by atoms with Crippen LogP contribution in [0.15, 0.2) is 89.7 Å². The molecule has 0 spiro atoms. The van der Waals surface area contributed by atoms with Gasteiger partial charge in [-0.2, -0.15) is 13.2 Å². The fraction of sp³-hybridized carbons (Fsp3) is 0.0870. The van der Waals surface area contributed by atoms with Crippen LogP contribution in [0.1, 0.15) is 11.1 Å². The Labute approximate surface area is 170 Å². The van der Waals surface area contributed by atoms with Gasteiger partial charge >= 0.3 is 11.9 Å². The van der Waals surface area contributed by atoms with Gasteiger partial charge in [0.15, 0.2) is 0 Å². The topological polar surface area (TPSA) is 49.8 Å². The number of H-pyrrole nitrogens is 1. The Morgan fingerprint density at radius 2 is 1.53 bits per heavy atom. The number of aromatic amines is 1. The molecule has 0 amide bonds. The number of hydrogen-bond acceptors (Lipinski definition) is 2. The largest absolute Gasteiger partial charge is 0.416 e. The minimum Gasteiger partial charge on any atom is -0.366 e. The zero-order valence-electron chi connectivity index (χ0n) is 15.8. The number of nitrogens with one attached hydrogen (secondary N) is 2. The standard InChI is InChI=1S/C23H18F3N3O/c24-23(25,26)18-12-7-13-19(14-18)29-20(17-10-5-2-6-11-17)21(28-22(29)30)27-15-16-8-3-1-4-9-16/h1-14,27H,15H2,(H,28,30). The summed E-state index contributed by atoms with van der Waals surface area (Å²) >= 11 is 0. The quantitative estimate of drug-likeness (QED) is 0.460. The van der Waals surface area contributed by atoms with Gasteiger partial charge in [0.25, 0.3) is 0 Å². The van der Waals surface area contributed by atoms with Crippen molar-refractivity contribution in [3.63, 3.8) is 0 Å². The van der Waals surface area contributed by atoms with Crippen LogP contribution in [0.4, 0.5) is 19.0 Å². The second kappa shape index (κ2) is 7.94. The van der Waals surface area contributed by atoms with E-state index in [-0.39, 0.29) is 5.69 Å². The highest BCUT2D eigenvalue weighted by atomic mass is 19.4. The van der Waals surface area contributed by atoms with E-state index in [0.29, 0.717) is 23.6 Å². The van der Waals surface area contributed by atoms with Gasteiger partial charge in [0, 0.05) is 12.1 Å². The van der Waals surface area contributed by atoms with Crippen LogP contribution in [0.2, 0.25) is 0 Å². The molecule has 4 rings (SSSR count). The fourth-order valence-electron chi connectivity index (χ4n) is 3.29. The van der Waals surface area contributed by atoms with Crippen molar-refractivity contribution in [2.45, 2.75) is 12.7 Å². The zero-order valence-corrected chi connectivity index (χ0v) is 15.8. The molecule has 0 saturated carbocycles. The first kappa shape index (κ1) is 19.6. The molecule has 0 atom stereocenters. The Balaban J connectivity index is 1.83. The normalized spacial score (nSPS) is 11.4. The van der Waals surface area contributed by atoms with Crippen LogP contribution >= 0.6 is 0 Å². The van der Waals surface area contributed by atoms with Gasteiger partial charge in [-0.15, -0.1) is 0 Å². The summed E-state index contributed by atoms with van der Waals surface area (Å²) < 4.78 is 40.9. The summed E-state index contributed by atoms with van der Waals surface area (Å²) in [5.41, 5.74) is 0.969. The van der Waals surface area contributed by atoms with E-state index in [1.54, 1.807) is 12.1 Å². The number of benzene rings is 3. The highest BCUT2D eigenvalue weighted by Crippen LogP contribution is 2.32. The molecule has 0 aliphatic rings. The van der Waals surface area contributed by atoms with E-state index in [4.69, 9.17) is 0 Å². The third-order valence-electron chi connectivity index (χ3n) is 4.69. The van der Waals surface area contributed by atoms with E-state index < -0.39 is 17.4 Å². The molecule has 0 bridgehead atoms. The Hall–Kier alpha value is -3.74. The van der Waals surface area contributed by atoms with Gasteiger partial charge in [0.05, 0.1) is 16.9 Å². The Morgan fingerprint density at radius 3 is 2.20 bits per heavy atom. The molecule has 0 saturated heterocycles. The van der Waals surface area contributed by atoms with Crippen molar-refractivity contribution in [2.24, 2.45) is 0 Å². The van der Waals surface area contributed by atoms with Crippen molar-refractivity contribution >= 4 is 5.82 Å². The first-order valence-corrected chi connectivity index (χ1v) is 9.29. The van der Waals surface area contributed by atoms with Crippen molar-refractivity contribution in [1.29, 1.82) is 0 Å². The molecule has 1 aromatic heterocycles. The lowest BCUT2D eigenvalue weighted by atomic mass is 10.1. The molecule has 30 heavy (non-hydrogen) atoms. The second-order valence-electron chi connectivity index (χ2n) is 6.74. The molecule has 2 N–H and O–H groups in total. The number of alkyl halides is 3. The van der Waals surface area contributed by atoms with Crippen LogP contribution in [-0.4, -0.2) is 9.55 Å². The molecule has 4 nitrogen and oxygen atoms in total. The summed E-state index contributed by atoms with van der Waals surface area (Å²) in [6, 6.07) is 23.4. The van der Waals surface area contributed by atoms with Crippen molar-refractivity contribution in [1.82, 2.24) is 9.55 Å². The number of aromatic nitrogens is 2. The average Bonchev–Trinajstić information content (AvgIpc) is 3.09. The van der Waals surface area contributed by atoms with Gasteiger partial charge < -0.3 is 5.32 Å². The molecule has 7 heteroatoms. The lowest BCUT2D eigenvalue weighted by molar-refractivity contribution is -0.137. The second-order valence-corrected chi connectivity index (χ2v) is 6.74. The maximum Gasteiger partial charge on any atom is 0.416 e. The van der Waals surface area contributed by atoms with Gasteiger partial charge in [0.2, 0.25) is 0 Å². The van der Waals surface area contributed by atoms with E-state index in [0.717, 1.165) is 17.7 Å². The fourth-order valence-corrected chi connectivity index (χ4v) is 3.29. The van der Waals surface area contributed by atoms with Crippen molar-refractivity contribution in [3.8, 4) is 16.9 Å². The predicted octanol–water partition coefficient (Wildman–Crippen LogP) is 5.46. The van der Waals surface area contributed by atoms with Crippen molar-refractivity contribution in [2.75, 3.05) is 5.32 Å².